The standard InChI is InChI=1S/C24H22F2N4O5/c1-13-28-21(29-35-13)12-33-16-5-6-30-17(11-27-22(30)10-16)15-8-19(32-2)23(18(31)7-14-3-4-14)20(9-15)34-24(25)26/h5-6,8-11,14,24H,3-4,7,12H2,1-2H3. The Bertz CT molecular complexity index is 1380. The lowest BCUT2D eigenvalue weighted by molar-refractivity contribution is -0.0502. The maximum atomic E-state index is 13.2. The van der Waals surface area contributed by atoms with Crippen LogP contribution < -0.4 is 14.2 Å². The van der Waals surface area contributed by atoms with E-state index in [1.807, 2.05) is 0 Å². The van der Waals surface area contributed by atoms with E-state index in [9.17, 15) is 13.6 Å². The molecule has 0 unspecified atom stereocenters. The molecule has 0 radical (unpaired) electrons. The molecule has 0 aliphatic heterocycles. The average Bonchev–Trinajstić information content (AvgIpc) is 3.38. The van der Waals surface area contributed by atoms with Crippen molar-refractivity contribution in [3.05, 3.63) is 53.9 Å². The van der Waals surface area contributed by atoms with Crippen LogP contribution in [0.4, 0.5) is 8.78 Å². The monoisotopic (exact) mass is 484 g/mol. The van der Waals surface area contributed by atoms with Gasteiger partial charge in [0.05, 0.1) is 19.0 Å². The maximum Gasteiger partial charge on any atom is 0.387 e. The van der Waals surface area contributed by atoms with E-state index in [0.29, 0.717) is 34.4 Å². The molecule has 0 amide bonds. The van der Waals surface area contributed by atoms with E-state index < -0.39 is 6.61 Å². The first-order valence-electron chi connectivity index (χ1n) is 11.0. The van der Waals surface area contributed by atoms with E-state index in [-0.39, 0.29) is 41.8 Å². The van der Waals surface area contributed by atoms with Crippen molar-refractivity contribution in [3.63, 3.8) is 0 Å². The number of nitrogens with zero attached hydrogens (tertiary/aromatic N) is 4. The van der Waals surface area contributed by atoms with E-state index in [1.54, 1.807) is 41.9 Å². The Labute approximate surface area is 198 Å². The van der Waals surface area contributed by atoms with E-state index in [4.69, 9.17) is 18.7 Å². The van der Waals surface area contributed by atoms with Gasteiger partial charge in [-0.1, -0.05) is 5.16 Å². The van der Waals surface area contributed by atoms with Crippen LogP contribution in [0.15, 0.2) is 41.2 Å². The maximum absolute atomic E-state index is 13.2. The summed E-state index contributed by atoms with van der Waals surface area (Å²) in [7, 11) is 1.39. The van der Waals surface area contributed by atoms with Gasteiger partial charge in [-0.3, -0.25) is 9.20 Å². The quantitative estimate of drug-likeness (QED) is 0.294. The molecule has 182 valence electrons. The Hall–Kier alpha value is -4.02. The predicted octanol–water partition coefficient (Wildman–Crippen LogP) is 4.86. The molecule has 0 bridgehead atoms. The molecule has 9 nitrogen and oxygen atoms in total. The average molecular weight is 484 g/mol. The minimum Gasteiger partial charge on any atom is -0.496 e. The number of carbonyl (C=O) groups is 1. The summed E-state index contributed by atoms with van der Waals surface area (Å²) >= 11 is 0. The van der Waals surface area contributed by atoms with Crippen molar-refractivity contribution in [2.24, 2.45) is 5.92 Å². The molecule has 4 aromatic rings. The van der Waals surface area contributed by atoms with Crippen molar-refractivity contribution >= 4 is 11.4 Å². The third kappa shape index (κ3) is 4.93. The van der Waals surface area contributed by atoms with Crippen molar-refractivity contribution < 1.29 is 32.3 Å². The molecule has 1 saturated carbocycles. The number of Topliss-reactive ketones (excluding diaryl/α,β-unsaturated/α-hetero) is 1. The Morgan fingerprint density at radius 2 is 2.06 bits per heavy atom. The van der Waals surface area contributed by atoms with Gasteiger partial charge in [-0.25, -0.2) is 4.98 Å². The normalized spacial score (nSPS) is 13.4. The Balaban J connectivity index is 1.47. The summed E-state index contributed by atoms with van der Waals surface area (Å²) in [5, 5.41) is 3.79. The number of hydrogen-bond acceptors (Lipinski definition) is 8. The molecule has 35 heavy (non-hydrogen) atoms. The summed E-state index contributed by atoms with van der Waals surface area (Å²) in [6.07, 6.45) is 5.52. The molecular formula is C24H22F2N4O5. The number of rotatable bonds is 10. The highest BCUT2D eigenvalue weighted by Crippen LogP contribution is 2.40. The van der Waals surface area contributed by atoms with Crippen LogP contribution >= 0.6 is 0 Å². The molecular weight excluding hydrogens is 462 g/mol. The zero-order chi connectivity index (χ0) is 24.5. The topological polar surface area (TPSA) is 101 Å². The number of ketones is 1. The molecule has 5 rings (SSSR count). The Morgan fingerprint density at radius 3 is 2.74 bits per heavy atom. The van der Waals surface area contributed by atoms with Gasteiger partial charge in [0.15, 0.2) is 12.4 Å². The zero-order valence-electron chi connectivity index (χ0n) is 19.0. The number of hydrogen-bond donors (Lipinski definition) is 0. The first-order valence-corrected chi connectivity index (χ1v) is 11.0. The van der Waals surface area contributed by atoms with Crippen molar-refractivity contribution in [3.8, 4) is 28.5 Å². The largest absolute Gasteiger partial charge is 0.496 e. The number of alkyl halides is 2. The van der Waals surface area contributed by atoms with Crippen LogP contribution in [0.25, 0.3) is 16.9 Å². The van der Waals surface area contributed by atoms with Crippen molar-refractivity contribution in [2.45, 2.75) is 39.4 Å². The first-order chi connectivity index (χ1) is 16.9. The highest BCUT2D eigenvalue weighted by atomic mass is 19.3. The van der Waals surface area contributed by atoms with Gasteiger partial charge in [-0.05, 0) is 37.0 Å². The van der Waals surface area contributed by atoms with Crippen LogP contribution in [0.3, 0.4) is 0 Å². The van der Waals surface area contributed by atoms with Gasteiger partial charge in [0, 0.05) is 31.2 Å². The third-order valence-corrected chi connectivity index (χ3v) is 5.67. The third-order valence-electron chi connectivity index (χ3n) is 5.67. The van der Waals surface area contributed by atoms with Gasteiger partial charge in [-0.2, -0.15) is 13.8 Å². The number of imidazole rings is 1. The van der Waals surface area contributed by atoms with E-state index in [0.717, 1.165) is 12.8 Å². The second kappa shape index (κ2) is 9.32. The molecule has 1 aliphatic rings. The van der Waals surface area contributed by atoms with Gasteiger partial charge in [0.1, 0.15) is 28.5 Å². The molecule has 0 saturated heterocycles. The van der Waals surface area contributed by atoms with Gasteiger partial charge >= 0.3 is 6.61 Å². The number of carbonyl (C=O) groups excluding carboxylic acids is 1. The fraction of sp³-hybridized carbons (Fsp3) is 0.333. The molecule has 3 heterocycles. The number of aryl methyl sites for hydroxylation is 1. The second-order valence-electron chi connectivity index (χ2n) is 8.25. The van der Waals surface area contributed by atoms with Gasteiger partial charge in [0.2, 0.25) is 11.7 Å². The number of pyridine rings is 1. The summed E-state index contributed by atoms with van der Waals surface area (Å²) in [6.45, 7) is -1.27. The fourth-order valence-electron chi connectivity index (χ4n) is 3.86. The van der Waals surface area contributed by atoms with Crippen molar-refractivity contribution in [1.82, 2.24) is 19.5 Å². The van der Waals surface area contributed by atoms with Crippen LogP contribution in [-0.2, 0) is 6.61 Å². The number of aromatic nitrogens is 4. The Morgan fingerprint density at radius 1 is 1.26 bits per heavy atom. The molecule has 11 heteroatoms. The van der Waals surface area contributed by atoms with E-state index >= 15 is 0 Å². The Kier molecular flexibility index (Phi) is 6.06. The fourth-order valence-corrected chi connectivity index (χ4v) is 3.86. The number of halogens is 2. The minimum atomic E-state index is -3.09. The molecule has 0 atom stereocenters. The van der Waals surface area contributed by atoms with Crippen LogP contribution in [0, 0.1) is 12.8 Å². The van der Waals surface area contributed by atoms with Gasteiger partial charge < -0.3 is 18.7 Å². The first kappa shape index (κ1) is 22.8. The van der Waals surface area contributed by atoms with Crippen LogP contribution in [0.2, 0.25) is 0 Å². The summed E-state index contributed by atoms with van der Waals surface area (Å²) in [5.74, 6) is 1.37. The van der Waals surface area contributed by atoms with E-state index in [2.05, 4.69) is 15.1 Å². The second-order valence-corrected chi connectivity index (χ2v) is 8.25. The van der Waals surface area contributed by atoms with Crippen molar-refractivity contribution in [2.75, 3.05) is 7.11 Å². The lowest BCUT2D eigenvalue weighted by Crippen LogP contribution is -2.11. The smallest absolute Gasteiger partial charge is 0.387 e. The lowest BCUT2D eigenvalue weighted by atomic mass is 10.00. The van der Waals surface area contributed by atoms with Gasteiger partial charge in [0.25, 0.3) is 0 Å². The van der Waals surface area contributed by atoms with Gasteiger partial charge in [-0.15, -0.1) is 0 Å². The summed E-state index contributed by atoms with van der Waals surface area (Å²) in [4.78, 5) is 21.3. The van der Waals surface area contributed by atoms with Crippen LogP contribution in [-0.4, -0.2) is 39.0 Å². The minimum absolute atomic E-state index is 0.0321. The molecule has 1 fully saturated rings. The molecule has 0 spiro atoms. The highest BCUT2D eigenvalue weighted by molar-refractivity contribution is 6.02. The SMILES string of the molecule is COc1cc(-c2cnc3cc(OCc4noc(C)n4)ccn23)cc(OC(F)F)c1C(=O)CC1CC1. The summed E-state index contributed by atoms with van der Waals surface area (Å²) < 4.78 is 49.0. The number of benzene rings is 1. The summed E-state index contributed by atoms with van der Waals surface area (Å²) in [6, 6.07) is 6.50. The van der Waals surface area contributed by atoms with Crippen LogP contribution in [0.5, 0.6) is 17.2 Å². The van der Waals surface area contributed by atoms with Crippen LogP contribution in [0.1, 0.15) is 41.3 Å². The number of methoxy groups -OCH3 is 1. The molecule has 3 aromatic heterocycles. The number of ether oxygens (including phenoxy) is 3. The molecule has 1 aromatic carbocycles. The lowest BCUT2D eigenvalue weighted by Gasteiger charge is -2.16. The summed E-state index contributed by atoms with van der Waals surface area (Å²) in [5.41, 5.74) is 1.69. The molecule has 0 N–H and O–H groups in total. The molecule has 1 aliphatic carbocycles. The van der Waals surface area contributed by atoms with E-state index in [1.165, 1.54) is 13.2 Å². The predicted molar refractivity (Wildman–Crippen MR) is 119 cm³/mol. The highest BCUT2D eigenvalue weighted by Gasteiger charge is 2.29. The zero-order valence-corrected chi connectivity index (χ0v) is 19.0. The van der Waals surface area contributed by atoms with Crippen molar-refractivity contribution in [1.29, 1.82) is 0 Å². The number of fused-ring (bicyclic) bond motifs is 1.